The molecular weight excluding hydrogens is 348 g/mol. The van der Waals surface area contributed by atoms with Crippen LogP contribution in [0.5, 0.6) is 0 Å². The van der Waals surface area contributed by atoms with Crippen LogP contribution in [0.25, 0.3) is 0 Å². The van der Waals surface area contributed by atoms with E-state index in [1.807, 2.05) is 23.1 Å². The molecule has 146 valence electrons. The molecule has 0 spiro atoms. The number of Topliss-reactive ketones (excluding diaryl/α,β-unsaturated/α-hetero) is 1. The number of nitrogens with zero attached hydrogens (tertiary/aromatic N) is 2. The molecule has 1 aliphatic carbocycles. The fraction of sp³-hybridized carbons (Fsp3) is 0.417. The molecule has 2 aliphatic rings. The van der Waals surface area contributed by atoms with Crippen LogP contribution in [0.2, 0.25) is 0 Å². The van der Waals surface area contributed by atoms with Crippen molar-refractivity contribution in [3.8, 4) is 0 Å². The third-order valence-electron chi connectivity index (χ3n) is 5.96. The van der Waals surface area contributed by atoms with Crippen molar-refractivity contribution in [2.45, 2.75) is 38.6 Å². The van der Waals surface area contributed by atoms with Crippen LogP contribution in [-0.2, 0) is 24.2 Å². The molecule has 0 bridgehead atoms. The number of ketones is 1. The van der Waals surface area contributed by atoms with Gasteiger partial charge in [-0.2, -0.15) is 0 Å². The number of benzene rings is 2. The van der Waals surface area contributed by atoms with Crippen LogP contribution < -0.4 is 0 Å². The first-order chi connectivity index (χ1) is 13.7. The molecule has 0 unspecified atom stereocenters. The highest BCUT2D eigenvalue weighted by atomic mass is 16.2. The molecule has 0 atom stereocenters. The summed E-state index contributed by atoms with van der Waals surface area (Å²) in [6, 6.07) is 16.5. The van der Waals surface area contributed by atoms with Crippen LogP contribution in [-0.4, -0.2) is 47.7 Å². The van der Waals surface area contributed by atoms with Crippen LogP contribution >= 0.6 is 0 Å². The predicted molar refractivity (Wildman–Crippen MR) is 110 cm³/mol. The Morgan fingerprint density at radius 2 is 1.57 bits per heavy atom. The lowest BCUT2D eigenvalue weighted by Crippen LogP contribution is -2.48. The molecule has 1 aliphatic heterocycles. The summed E-state index contributed by atoms with van der Waals surface area (Å²) in [6.45, 7) is 4.20. The van der Waals surface area contributed by atoms with Gasteiger partial charge in [-0.1, -0.05) is 42.5 Å². The quantitative estimate of drug-likeness (QED) is 0.725. The van der Waals surface area contributed by atoms with Gasteiger partial charge in [0, 0.05) is 51.1 Å². The van der Waals surface area contributed by atoms with Gasteiger partial charge in [0.2, 0.25) is 5.91 Å². The van der Waals surface area contributed by atoms with E-state index >= 15 is 0 Å². The summed E-state index contributed by atoms with van der Waals surface area (Å²) in [5.74, 6) is 0.194. The maximum Gasteiger partial charge on any atom is 0.223 e. The highest BCUT2D eigenvalue weighted by molar-refractivity contribution is 5.98. The Balaban J connectivity index is 1.23. The van der Waals surface area contributed by atoms with Gasteiger partial charge in [0.05, 0.1) is 0 Å². The van der Waals surface area contributed by atoms with Gasteiger partial charge < -0.3 is 4.90 Å². The van der Waals surface area contributed by atoms with Crippen molar-refractivity contribution in [2.75, 3.05) is 26.2 Å². The second kappa shape index (κ2) is 8.70. The van der Waals surface area contributed by atoms with Crippen LogP contribution in [0.1, 0.15) is 46.3 Å². The summed E-state index contributed by atoms with van der Waals surface area (Å²) in [7, 11) is 0. The molecule has 28 heavy (non-hydrogen) atoms. The normalized spacial score (nSPS) is 16.8. The lowest BCUT2D eigenvalue weighted by atomic mass is 10.0. The smallest absolute Gasteiger partial charge is 0.223 e. The summed E-state index contributed by atoms with van der Waals surface area (Å²) in [5.41, 5.74) is 4.76. The van der Waals surface area contributed by atoms with Crippen molar-refractivity contribution in [1.82, 2.24) is 9.80 Å². The molecule has 1 saturated heterocycles. The van der Waals surface area contributed by atoms with E-state index in [9.17, 15) is 9.59 Å². The molecule has 4 nitrogen and oxygen atoms in total. The minimum Gasteiger partial charge on any atom is -0.340 e. The predicted octanol–water partition coefficient (Wildman–Crippen LogP) is 3.48. The molecule has 1 fully saturated rings. The monoisotopic (exact) mass is 376 g/mol. The topological polar surface area (TPSA) is 40.6 Å². The van der Waals surface area contributed by atoms with Crippen molar-refractivity contribution in [3.63, 3.8) is 0 Å². The zero-order valence-corrected chi connectivity index (χ0v) is 16.4. The van der Waals surface area contributed by atoms with Crippen molar-refractivity contribution < 1.29 is 9.59 Å². The van der Waals surface area contributed by atoms with E-state index in [1.165, 1.54) is 23.1 Å². The molecule has 2 aromatic rings. The van der Waals surface area contributed by atoms with E-state index in [-0.39, 0.29) is 11.7 Å². The van der Waals surface area contributed by atoms with Crippen LogP contribution in [0.4, 0.5) is 0 Å². The fourth-order valence-electron chi connectivity index (χ4n) is 4.27. The van der Waals surface area contributed by atoms with Crippen LogP contribution in [0.3, 0.4) is 0 Å². The van der Waals surface area contributed by atoms with E-state index in [4.69, 9.17) is 0 Å². The van der Waals surface area contributed by atoms with Crippen LogP contribution in [0.15, 0.2) is 48.5 Å². The number of fused-ring (bicyclic) bond motifs is 1. The van der Waals surface area contributed by atoms with E-state index in [2.05, 4.69) is 35.2 Å². The number of aryl methyl sites for hydroxylation is 2. The van der Waals surface area contributed by atoms with Gasteiger partial charge in [0.1, 0.15) is 0 Å². The van der Waals surface area contributed by atoms with E-state index in [1.54, 1.807) is 0 Å². The number of hydrogen-bond donors (Lipinski definition) is 0. The van der Waals surface area contributed by atoms with Gasteiger partial charge in [-0.15, -0.1) is 0 Å². The second-order valence-electron chi connectivity index (χ2n) is 7.90. The maximum atomic E-state index is 12.5. The third kappa shape index (κ3) is 4.50. The highest BCUT2D eigenvalue weighted by Crippen LogP contribution is 2.23. The molecule has 4 rings (SSSR count). The summed E-state index contributed by atoms with van der Waals surface area (Å²) < 4.78 is 0. The maximum absolute atomic E-state index is 12.5. The Kier molecular flexibility index (Phi) is 5.87. The van der Waals surface area contributed by atoms with Crippen molar-refractivity contribution in [3.05, 3.63) is 70.8 Å². The summed E-state index contributed by atoms with van der Waals surface area (Å²) in [4.78, 5) is 29.3. The Labute approximate surface area is 167 Å². The Bertz CT molecular complexity index is 839. The SMILES string of the molecule is O=C(CCC(=O)N1CCN(Cc2ccccc2)CC1)c1ccc2c(c1)CCC2. The number of hydrogen-bond acceptors (Lipinski definition) is 3. The van der Waals surface area contributed by atoms with Gasteiger partial charge in [-0.3, -0.25) is 14.5 Å². The number of piperazine rings is 1. The Hall–Kier alpha value is -2.46. The largest absolute Gasteiger partial charge is 0.340 e. The zero-order valence-electron chi connectivity index (χ0n) is 16.4. The zero-order chi connectivity index (χ0) is 19.3. The molecule has 4 heteroatoms. The van der Waals surface area contributed by atoms with Crippen molar-refractivity contribution in [2.24, 2.45) is 0 Å². The van der Waals surface area contributed by atoms with E-state index in [0.29, 0.717) is 12.8 Å². The van der Waals surface area contributed by atoms with Gasteiger partial charge in [-0.25, -0.2) is 0 Å². The number of carbonyl (C=O) groups excluding carboxylic acids is 2. The molecule has 1 amide bonds. The molecule has 0 radical (unpaired) electrons. The minimum atomic E-state index is 0.0887. The average Bonchev–Trinajstić information content (AvgIpc) is 3.21. The lowest BCUT2D eigenvalue weighted by Gasteiger charge is -2.34. The lowest BCUT2D eigenvalue weighted by molar-refractivity contribution is -0.132. The van der Waals surface area contributed by atoms with E-state index < -0.39 is 0 Å². The van der Waals surface area contributed by atoms with Gasteiger partial charge in [0.15, 0.2) is 5.78 Å². The standard InChI is InChI=1S/C24H28N2O2/c27-23(22-10-9-20-7-4-8-21(20)17-22)11-12-24(28)26-15-13-25(14-16-26)18-19-5-2-1-3-6-19/h1-3,5-6,9-10,17H,4,7-8,11-16,18H2. The van der Waals surface area contributed by atoms with E-state index in [0.717, 1.165) is 51.1 Å². The fourth-order valence-corrected chi connectivity index (χ4v) is 4.27. The molecule has 2 aromatic carbocycles. The van der Waals surface area contributed by atoms with Gasteiger partial charge in [-0.05, 0) is 42.0 Å². The molecule has 0 N–H and O–H groups in total. The van der Waals surface area contributed by atoms with Gasteiger partial charge >= 0.3 is 0 Å². The highest BCUT2D eigenvalue weighted by Gasteiger charge is 2.22. The number of amides is 1. The minimum absolute atomic E-state index is 0.0887. The summed E-state index contributed by atoms with van der Waals surface area (Å²) in [6.07, 6.45) is 4.00. The second-order valence-corrected chi connectivity index (χ2v) is 7.90. The number of rotatable bonds is 6. The molecule has 0 aromatic heterocycles. The van der Waals surface area contributed by atoms with Crippen LogP contribution in [0, 0.1) is 0 Å². The first kappa shape index (κ1) is 18.9. The first-order valence-corrected chi connectivity index (χ1v) is 10.4. The van der Waals surface area contributed by atoms with Crippen molar-refractivity contribution in [1.29, 1.82) is 0 Å². The Morgan fingerprint density at radius 1 is 0.821 bits per heavy atom. The Morgan fingerprint density at radius 3 is 2.36 bits per heavy atom. The average molecular weight is 377 g/mol. The molecule has 1 heterocycles. The molecular formula is C24H28N2O2. The van der Waals surface area contributed by atoms with Gasteiger partial charge in [0.25, 0.3) is 0 Å². The summed E-state index contributed by atoms with van der Waals surface area (Å²) >= 11 is 0. The van der Waals surface area contributed by atoms with Crippen molar-refractivity contribution >= 4 is 11.7 Å². The third-order valence-corrected chi connectivity index (χ3v) is 5.96. The summed E-state index contributed by atoms with van der Waals surface area (Å²) in [5, 5.41) is 0. The molecule has 0 saturated carbocycles. The number of carbonyl (C=O) groups is 2. The first-order valence-electron chi connectivity index (χ1n) is 10.4.